The fourth-order valence-electron chi connectivity index (χ4n) is 4.37. The molecule has 3 nitrogen and oxygen atoms in total. The van der Waals surface area contributed by atoms with Gasteiger partial charge in [0.05, 0.1) is 0 Å². The van der Waals surface area contributed by atoms with Gasteiger partial charge in [-0.2, -0.15) is 0 Å². The van der Waals surface area contributed by atoms with Gasteiger partial charge in [0.2, 0.25) is 0 Å². The Kier molecular flexibility index (Phi) is 7.39. The summed E-state index contributed by atoms with van der Waals surface area (Å²) in [6.07, 6.45) is 6.58. The van der Waals surface area contributed by atoms with Crippen molar-refractivity contribution in [2.24, 2.45) is 0 Å². The van der Waals surface area contributed by atoms with E-state index in [0.29, 0.717) is 17.9 Å². The van der Waals surface area contributed by atoms with Crippen LogP contribution in [0.25, 0.3) is 0 Å². The number of ether oxygens (including phenoxy) is 1. The summed E-state index contributed by atoms with van der Waals surface area (Å²) in [6, 6.07) is 3.97. The molecule has 2 N–H and O–H groups in total. The molecule has 0 radical (unpaired) electrons. The molecule has 1 heterocycles. The summed E-state index contributed by atoms with van der Waals surface area (Å²) < 4.78 is 5.77. The Morgan fingerprint density at radius 3 is 2.44 bits per heavy atom. The molecule has 0 saturated heterocycles. The molecule has 0 saturated carbocycles. The van der Waals surface area contributed by atoms with Crippen LogP contribution in [0.1, 0.15) is 104 Å². The van der Waals surface area contributed by atoms with Crippen molar-refractivity contribution < 1.29 is 14.9 Å². The predicted octanol–water partition coefficient (Wildman–Crippen LogP) is 6.57. The summed E-state index contributed by atoms with van der Waals surface area (Å²) in [5, 5.41) is 21.2. The smallest absolute Gasteiger partial charge is 0.198 e. The summed E-state index contributed by atoms with van der Waals surface area (Å²) >= 11 is 0. The van der Waals surface area contributed by atoms with Gasteiger partial charge in [0.25, 0.3) is 0 Å². The van der Waals surface area contributed by atoms with Gasteiger partial charge in [-0.1, -0.05) is 64.5 Å². The number of aromatic hydroxyl groups is 1. The summed E-state index contributed by atoms with van der Waals surface area (Å²) in [7, 11) is 0. The van der Waals surface area contributed by atoms with Crippen molar-refractivity contribution in [3.8, 4) is 11.5 Å². The molecule has 1 aliphatic heterocycles. The second-order valence-corrected chi connectivity index (χ2v) is 8.84. The lowest BCUT2D eigenvalue weighted by Crippen LogP contribution is -2.27. The van der Waals surface area contributed by atoms with Gasteiger partial charge < -0.3 is 14.9 Å². The minimum absolute atomic E-state index is 0.0143. The first kappa shape index (κ1) is 21.8. The van der Waals surface area contributed by atoms with Crippen molar-refractivity contribution in [1.29, 1.82) is 0 Å². The van der Waals surface area contributed by atoms with Crippen LogP contribution in [0.4, 0.5) is 0 Å². The van der Waals surface area contributed by atoms with E-state index in [2.05, 4.69) is 41.5 Å². The number of phenolic OH excluding ortho intramolecular Hbond substituents is 1. The minimum atomic E-state index is -0.828. The standard InChI is InChI=1S/C24H38O3/c1-7-9-10-11-12-24(5,6)17-13-20(25)23-19(18(8-2)16(3)4)15-22(26)27-21(23)14-17/h13-14,19,22,25-26H,7-12,15H2,1-6H3. The predicted molar refractivity (Wildman–Crippen MR) is 113 cm³/mol. The number of hydrogen-bond acceptors (Lipinski definition) is 3. The molecule has 2 unspecified atom stereocenters. The molecule has 1 aliphatic rings. The maximum atomic E-state index is 10.9. The molecule has 1 aromatic rings. The molecule has 1 aromatic carbocycles. The lowest BCUT2D eigenvalue weighted by molar-refractivity contribution is -0.0369. The molecule has 2 atom stereocenters. The van der Waals surface area contributed by atoms with Gasteiger partial charge in [0.1, 0.15) is 11.5 Å². The average molecular weight is 375 g/mol. The second kappa shape index (κ2) is 9.14. The number of aliphatic hydroxyl groups is 1. The van der Waals surface area contributed by atoms with Crippen LogP contribution in [-0.4, -0.2) is 16.5 Å². The molecular weight excluding hydrogens is 336 g/mol. The van der Waals surface area contributed by atoms with Crippen LogP contribution in [0.2, 0.25) is 0 Å². The van der Waals surface area contributed by atoms with Gasteiger partial charge in [0.15, 0.2) is 6.29 Å². The van der Waals surface area contributed by atoms with Crippen molar-refractivity contribution in [3.63, 3.8) is 0 Å². The highest BCUT2D eigenvalue weighted by molar-refractivity contribution is 5.54. The van der Waals surface area contributed by atoms with E-state index in [4.69, 9.17) is 4.74 Å². The van der Waals surface area contributed by atoms with E-state index >= 15 is 0 Å². The first-order chi connectivity index (χ1) is 12.7. The number of benzene rings is 1. The average Bonchev–Trinajstić information content (AvgIpc) is 2.58. The van der Waals surface area contributed by atoms with E-state index in [0.717, 1.165) is 24.0 Å². The summed E-state index contributed by atoms with van der Waals surface area (Å²) in [6.45, 7) is 13.0. The topological polar surface area (TPSA) is 49.7 Å². The molecular formula is C24H38O3. The molecule has 0 fully saturated rings. The summed E-state index contributed by atoms with van der Waals surface area (Å²) in [5.74, 6) is 0.955. The third-order valence-electron chi connectivity index (χ3n) is 6.05. The molecule has 0 bridgehead atoms. The number of aliphatic hydroxyl groups excluding tert-OH is 1. The van der Waals surface area contributed by atoms with Gasteiger partial charge in [0, 0.05) is 17.9 Å². The van der Waals surface area contributed by atoms with Crippen molar-refractivity contribution >= 4 is 0 Å². The largest absolute Gasteiger partial charge is 0.507 e. The van der Waals surface area contributed by atoms with Crippen LogP contribution in [0, 0.1) is 0 Å². The highest BCUT2D eigenvalue weighted by Gasteiger charge is 2.34. The Bertz CT molecular complexity index is 668. The van der Waals surface area contributed by atoms with Crippen LogP contribution in [0.15, 0.2) is 23.3 Å². The minimum Gasteiger partial charge on any atom is -0.507 e. The van der Waals surface area contributed by atoms with Crippen LogP contribution < -0.4 is 4.74 Å². The monoisotopic (exact) mass is 374 g/mol. The number of hydrogen-bond donors (Lipinski definition) is 2. The SMILES string of the molecule is CCCCCCC(C)(C)c1cc(O)c2c(c1)OC(O)CC2C(CC)=C(C)C. The summed E-state index contributed by atoms with van der Waals surface area (Å²) in [4.78, 5) is 0. The van der Waals surface area contributed by atoms with Crippen molar-refractivity contribution in [3.05, 3.63) is 34.4 Å². The maximum absolute atomic E-state index is 10.9. The number of allylic oxidation sites excluding steroid dienone is 2. The Morgan fingerprint density at radius 1 is 1.15 bits per heavy atom. The van der Waals surface area contributed by atoms with Gasteiger partial charge in [-0.25, -0.2) is 0 Å². The lowest BCUT2D eigenvalue weighted by Gasteiger charge is -2.34. The van der Waals surface area contributed by atoms with E-state index in [1.54, 1.807) is 0 Å². The molecule has 0 aliphatic carbocycles. The first-order valence-electron chi connectivity index (χ1n) is 10.6. The van der Waals surface area contributed by atoms with Crippen molar-refractivity contribution in [2.45, 2.75) is 104 Å². The fourth-order valence-corrected chi connectivity index (χ4v) is 4.37. The number of unbranched alkanes of at least 4 members (excludes halogenated alkanes) is 3. The third kappa shape index (κ3) is 5.07. The normalized spacial score (nSPS) is 19.4. The Balaban J connectivity index is 2.39. The van der Waals surface area contributed by atoms with E-state index < -0.39 is 6.29 Å². The zero-order chi connectivity index (χ0) is 20.2. The summed E-state index contributed by atoms with van der Waals surface area (Å²) in [5.41, 5.74) is 4.41. The highest BCUT2D eigenvalue weighted by atomic mass is 16.6. The van der Waals surface area contributed by atoms with Crippen molar-refractivity contribution in [2.75, 3.05) is 0 Å². The third-order valence-corrected chi connectivity index (χ3v) is 6.05. The molecule has 3 heteroatoms. The molecule has 27 heavy (non-hydrogen) atoms. The second-order valence-electron chi connectivity index (χ2n) is 8.84. The quantitative estimate of drug-likeness (QED) is 0.399. The first-order valence-corrected chi connectivity index (χ1v) is 10.6. The Hall–Kier alpha value is -1.48. The van der Waals surface area contributed by atoms with Crippen molar-refractivity contribution in [1.82, 2.24) is 0 Å². The molecule has 0 aromatic heterocycles. The van der Waals surface area contributed by atoms with Gasteiger partial charge in [-0.05, 0) is 49.8 Å². The van der Waals surface area contributed by atoms with E-state index in [1.165, 1.54) is 36.8 Å². The van der Waals surface area contributed by atoms with E-state index in [9.17, 15) is 10.2 Å². The number of rotatable bonds is 8. The van der Waals surface area contributed by atoms with E-state index in [1.807, 2.05) is 12.1 Å². The Labute approximate surface area is 165 Å². The van der Waals surface area contributed by atoms with Gasteiger partial charge >= 0.3 is 0 Å². The molecule has 152 valence electrons. The van der Waals surface area contributed by atoms with Crippen LogP contribution in [0.3, 0.4) is 0 Å². The van der Waals surface area contributed by atoms with Crippen LogP contribution in [0.5, 0.6) is 11.5 Å². The number of fused-ring (bicyclic) bond motifs is 1. The maximum Gasteiger partial charge on any atom is 0.198 e. The highest BCUT2D eigenvalue weighted by Crippen LogP contribution is 2.48. The van der Waals surface area contributed by atoms with E-state index in [-0.39, 0.29) is 11.3 Å². The zero-order valence-corrected chi connectivity index (χ0v) is 18.1. The molecule has 2 rings (SSSR count). The fraction of sp³-hybridized carbons (Fsp3) is 0.667. The van der Waals surface area contributed by atoms with Crippen LogP contribution >= 0.6 is 0 Å². The molecule has 0 spiro atoms. The lowest BCUT2D eigenvalue weighted by atomic mass is 9.76. The van der Waals surface area contributed by atoms with Crippen LogP contribution in [-0.2, 0) is 5.41 Å². The molecule has 0 amide bonds. The van der Waals surface area contributed by atoms with Gasteiger partial charge in [-0.15, -0.1) is 0 Å². The zero-order valence-electron chi connectivity index (χ0n) is 18.1. The van der Waals surface area contributed by atoms with Gasteiger partial charge in [-0.3, -0.25) is 0 Å². The number of phenols is 1. The Morgan fingerprint density at radius 2 is 1.85 bits per heavy atom.